The summed E-state index contributed by atoms with van der Waals surface area (Å²) in [5.41, 5.74) is 1.69. The van der Waals surface area contributed by atoms with Crippen molar-refractivity contribution in [2.75, 3.05) is 5.32 Å². The van der Waals surface area contributed by atoms with Gasteiger partial charge in [0.15, 0.2) is 5.13 Å². The lowest BCUT2D eigenvalue weighted by molar-refractivity contribution is -0.385. The van der Waals surface area contributed by atoms with Gasteiger partial charge in [0.2, 0.25) is 0 Å². The van der Waals surface area contributed by atoms with Gasteiger partial charge in [-0.2, -0.15) is 0 Å². The quantitative estimate of drug-likeness (QED) is 0.686. The van der Waals surface area contributed by atoms with Gasteiger partial charge in [0.25, 0.3) is 11.6 Å². The highest BCUT2D eigenvalue weighted by atomic mass is 32.1. The number of nitrogens with one attached hydrogen (secondary N) is 1. The average Bonchev–Trinajstić information content (AvgIpc) is 2.88. The lowest BCUT2D eigenvalue weighted by Crippen LogP contribution is -2.14. The smallest absolute Gasteiger partial charge is 0.273 e. The highest BCUT2D eigenvalue weighted by molar-refractivity contribution is 7.15. The van der Waals surface area contributed by atoms with E-state index in [9.17, 15) is 14.9 Å². The lowest BCUT2D eigenvalue weighted by atomic mass is 9.93. The Balaban J connectivity index is 1.83. The number of aromatic nitrogens is 1. The van der Waals surface area contributed by atoms with Gasteiger partial charge in [0.05, 0.1) is 10.6 Å². The summed E-state index contributed by atoms with van der Waals surface area (Å²) in [4.78, 5) is 28.6. The minimum Gasteiger partial charge on any atom is -0.298 e. The lowest BCUT2D eigenvalue weighted by Gasteiger charge is -2.15. The fourth-order valence-electron chi connectivity index (χ4n) is 2.82. The van der Waals surface area contributed by atoms with Crippen molar-refractivity contribution in [3.8, 4) is 0 Å². The molecule has 1 aliphatic carbocycles. The zero-order valence-electron chi connectivity index (χ0n) is 13.0. The number of nitro groups is 1. The van der Waals surface area contributed by atoms with Crippen molar-refractivity contribution >= 4 is 28.1 Å². The molecule has 1 heterocycles. The van der Waals surface area contributed by atoms with Crippen LogP contribution in [0.1, 0.15) is 39.8 Å². The first-order valence-corrected chi connectivity index (χ1v) is 8.31. The van der Waals surface area contributed by atoms with Crippen molar-refractivity contribution in [2.45, 2.75) is 33.1 Å². The van der Waals surface area contributed by atoms with Crippen LogP contribution < -0.4 is 5.32 Å². The molecular weight excluding hydrogens is 314 g/mol. The number of nitrogens with zero attached hydrogens (tertiary/aromatic N) is 2. The molecule has 0 saturated carbocycles. The molecule has 1 unspecified atom stereocenters. The van der Waals surface area contributed by atoms with E-state index in [0.29, 0.717) is 22.2 Å². The highest BCUT2D eigenvalue weighted by Gasteiger charge is 2.22. The molecule has 0 saturated heterocycles. The van der Waals surface area contributed by atoms with Crippen LogP contribution in [0, 0.1) is 23.0 Å². The maximum atomic E-state index is 12.4. The average molecular weight is 331 g/mol. The molecule has 1 aliphatic rings. The highest BCUT2D eigenvalue weighted by Crippen LogP contribution is 2.32. The molecule has 2 aromatic rings. The van der Waals surface area contributed by atoms with E-state index in [1.54, 1.807) is 13.0 Å². The van der Waals surface area contributed by atoms with E-state index < -0.39 is 4.92 Å². The van der Waals surface area contributed by atoms with Crippen molar-refractivity contribution in [3.63, 3.8) is 0 Å². The molecule has 6 nitrogen and oxygen atoms in total. The second kappa shape index (κ2) is 6.08. The number of rotatable bonds is 3. The van der Waals surface area contributed by atoms with Crippen molar-refractivity contribution in [3.05, 3.63) is 50.0 Å². The third kappa shape index (κ3) is 3.10. The molecular formula is C16H17N3O3S. The maximum Gasteiger partial charge on any atom is 0.273 e. The van der Waals surface area contributed by atoms with Crippen LogP contribution in [0.3, 0.4) is 0 Å². The molecule has 0 fully saturated rings. The second-order valence-electron chi connectivity index (χ2n) is 5.90. The van der Waals surface area contributed by atoms with Crippen molar-refractivity contribution in [1.29, 1.82) is 0 Å². The Morgan fingerprint density at radius 1 is 1.48 bits per heavy atom. The van der Waals surface area contributed by atoms with Crippen molar-refractivity contribution < 1.29 is 9.72 Å². The molecule has 3 rings (SSSR count). The van der Waals surface area contributed by atoms with Crippen LogP contribution >= 0.6 is 11.3 Å². The van der Waals surface area contributed by atoms with Gasteiger partial charge in [-0.3, -0.25) is 20.2 Å². The molecule has 23 heavy (non-hydrogen) atoms. The van der Waals surface area contributed by atoms with Crippen LogP contribution in [0.25, 0.3) is 0 Å². The van der Waals surface area contributed by atoms with E-state index in [1.165, 1.54) is 28.3 Å². The van der Waals surface area contributed by atoms with Crippen LogP contribution in [0.15, 0.2) is 18.2 Å². The van der Waals surface area contributed by atoms with E-state index in [-0.39, 0.29) is 11.6 Å². The fourth-order valence-corrected chi connectivity index (χ4v) is 3.99. The Bertz CT molecular complexity index is 785. The normalized spacial score (nSPS) is 16.7. The Morgan fingerprint density at radius 3 is 3.00 bits per heavy atom. The van der Waals surface area contributed by atoms with Gasteiger partial charge >= 0.3 is 0 Å². The predicted octanol–water partition coefficient (Wildman–Crippen LogP) is 3.74. The standard InChI is InChI=1S/C16H17N3O3S/c1-9-6-7-12-14(8-9)23-16(17-12)18-15(20)11-4-3-5-13(10(11)2)19(21)22/h3-5,9H,6-8H2,1-2H3,(H,17,18,20). The molecule has 1 atom stereocenters. The summed E-state index contributed by atoms with van der Waals surface area (Å²) < 4.78 is 0. The number of anilines is 1. The number of thiazole rings is 1. The van der Waals surface area contributed by atoms with E-state index >= 15 is 0 Å². The summed E-state index contributed by atoms with van der Waals surface area (Å²) in [5, 5.41) is 14.3. The first kappa shape index (κ1) is 15.6. The first-order chi connectivity index (χ1) is 11.0. The van der Waals surface area contributed by atoms with Crippen LogP contribution in [0.4, 0.5) is 10.8 Å². The van der Waals surface area contributed by atoms with Gasteiger partial charge in [-0.25, -0.2) is 4.98 Å². The molecule has 120 valence electrons. The van der Waals surface area contributed by atoms with E-state index in [0.717, 1.165) is 25.0 Å². The van der Waals surface area contributed by atoms with E-state index in [4.69, 9.17) is 0 Å². The van der Waals surface area contributed by atoms with Gasteiger partial charge in [-0.1, -0.05) is 13.0 Å². The number of aryl methyl sites for hydroxylation is 1. The van der Waals surface area contributed by atoms with Crippen LogP contribution in [0.5, 0.6) is 0 Å². The van der Waals surface area contributed by atoms with Gasteiger partial charge < -0.3 is 0 Å². The Labute approximate surface area is 137 Å². The third-order valence-corrected chi connectivity index (χ3v) is 5.19. The molecule has 0 bridgehead atoms. The Hall–Kier alpha value is -2.28. The SMILES string of the molecule is Cc1c(C(=O)Nc2nc3c(s2)CC(C)CC3)cccc1[N+](=O)[O-]. The zero-order valence-corrected chi connectivity index (χ0v) is 13.8. The van der Waals surface area contributed by atoms with Crippen LogP contribution in [-0.4, -0.2) is 15.8 Å². The van der Waals surface area contributed by atoms with Crippen LogP contribution in [0.2, 0.25) is 0 Å². The molecule has 7 heteroatoms. The number of hydrogen-bond acceptors (Lipinski definition) is 5. The van der Waals surface area contributed by atoms with E-state index in [1.807, 2.05) is 0 Å². The summed E-state index contributed by atoms with van der Waals surface area (Å²) >= 11 is 1.50. The molecule has 1 aromatic heterocycles. The van der Waals surface area contributed by atoms with Gasteiger partial charge in [-0.05, 0) is 38.2 Å². The zero-order chi connectivity index (χ0) is 16.6. The number of fused-ring (bicyclic) bond motifs is 1. The number of carbonyl (C=O) groups excluding carboxylic acids is 1. The second-order valence-corrected chi connectivity index (χ2v) is 6.98. The Kier molecular flexibility index (Phi) is 4.12. The predicted molar refractivity (Wildman–Crippen MR) is 89.1 cm³/mol. The summed E-state index contributed by atoms with van der Waals surface area (Å²) in [6.45, 7) is 3.80. The van der Waals surface area contributed by atoms with E-state index in [2.05, 4.69) is 17.2 Å². The molecule has 0 aliphatic heterocycles. The van der Waals surface area contributed by atoms with Gasteiger partial charge in [0.1, 0.15) is 0 Å². The molecule has 0 radical (unpaired) electrons. The number of hydrogen-bond donors (Lipinski definition) is 1. The minimum absolute atomic E-state index is 0.0510. The number of nitro benzene ring substituents is 1. The topological polar surface area (TPSA) is 85.1 Å². The largest absolute Gasteiger partial charge is 0.298 e. The third-order valence-electron chi connectivity index (χ3n) is 4.15. The maximum absolute atomic E-state index is 12.4. The summed E-state index contributed by atoms with van der Waals surface area (Å²) in [6, 6.07) is 4.51. The monoisotopic (exact) mass is 331 g/mol. The first-order valence-electron chi connectivity index (χ1n) is 7.49. The number of benzene rings is 1. The molecule has 1 amide bonds. The van der Waals surface area contributed by atoms with Crippen LogP contribution in [-0.2, 0) is 12.8 Å². The fraction of sp³-hybridized carbons (Fsp3) is 0.375. The van der Waals surface area contributed by atoms with Gasteiger partial charge in [0, 0.05) is 22.1 Å². The number of amides is 1. The molecule has 1 aromatic carbocycles. The molecule has 1 N–H and O–H groups in total. The summed E-state index contributed by atoms with van der Waals surface area (Å²) in [7, 11) is 0. The Morgan fingerprint density at radius 2 is 2.26 bits per heavy atom. The number of carbonyl (C=O) groups is 1. The van der Waals surface area contributed by atoms with Gasteiger partial charge in [-0.15, -0.1) is 11.3 Å². The minimum atomic E-state index is -0.477. The van der Waals surface area contributed by atoms with Crippen molar-refractivity contribution in [1.82, 2.24) is 4.98 Å². The summed E-state index contributed by atoms with van der Waals surface area (Å²) in [6.07, 6.45) is 3.06. The van der Waals surface area contributed by atoms with Crippen molar-refractivity contribution in [2.24, 2.45) is 5.92 Å². The summed E-state index contributed by atoms with van der Waals surface area (Å²) in [5.74, 6) is 0.288. The molecule has 0 spiro atoms.